The number of nitrogens with zero attached hydrogens (tertiary/aromatic N) is 2. The van der Waals surface area contributed by atoms with E-state index in [4.69, 9.17) is 0 Å². The molecule has 10 nitrogen and oxygen atoms in total. The van der Waals surface area contributed by atoms with Crippen LogP contribution in [0.5, 0.6) is 0 Å². The van der Waals surface area contributed by atoms with Crippen LogP contribution in [0.2, 0.25) is 0 Å². The summed E-state index contributed by atoms with van der Waals surface area (Å²) in [6.07, 6.45) is 0. The number of carbonyl (C=O) groups excluding carboxylic acids is 1. The molecule has 22 heteroatoms. The van der Waals surface area contributed by atoms with Gasteiger partial charge in [-0.2, -0.15) is 43.8 Å². The van der Waals surface area contributed by atoms with Crippen LogP contribution in [0.1, 0.15) is 20.8 Å². The Bertz CT molecular complexity index is 1140. The molecule has 0 amide bonds. The third-order valence-corrected chi connectivity index (χ3v) is 9.91. The average molecular weight is 595 g/mol. The van der Waals surface area contributed by atoms with Crippen molar-refractivity contribution in [3.63, 3.8) is 0 Å². The molecule has 0 aromatic heterocycles. The van der Waals surface area contributed by atoms with Crippen molar-refractivity contribution in [1.82, 2.24) is 13.3 Å². The fourth-order valence-corrected chi connectivity index (χ4v) is 7.06. The summed E-state index contributed by atoms with van der Waals surface area (Å²) in [7, 11) is -22.0. The minimum absolute atomic E-state index is 0.321. The Labute approximate surface area is 193 Å². The number of hydrogen-bond donors (Lipinski definition) is 1. The zero-order valence-corrected chi connectivity index (χ0v) is 20.1. The van der Waals surface area contributed by atoms with Crippen LogP contribution in [-0.4, -0.2) is 93.9 Å². The fraction of sp³-hybridized carbons (Fsp3) is 0.923. The van der Waals surface area contributed by atoms with Gasteiger partial charge in [-0.1, -0.05) is 4.13 Å². The van der Waals surface area contributed by atoms with Gasteiger partial charge < -0.3 is 0 Å². The second kappa shape index (κ2) is 9.26. The molecule has 208 valence electrons. The van der Waals surface area contributed by atoms with Crippen molar-refractivity contribution in [2.45, 2.75) is 54.8 Å². The van der Waals surface area contributed by atoms with Crippen molar-refractivity contribution in [2.75, 3.05) is 19.6 Å². The van der Waals surface area contributed by atoms with Gasteiger partial charge in [-0.05, 0) is 20.8 Å². The van der Waals surface area contributed by atoms with Crippen molar-refractivity contribution >= 4 is 35.9 Å². The highest BCUT2D eigenvalue weighted by atomic mass is 32.3. The Morgan fingerprint density at radius 2 is 1.20 bits per heavy atom. The first-order valence-electron chi connectivity index (χ1n) is 8.90. The van der Waals surface area contributed by atoms with Crippen molar-refractivity contribution in [2.24, 2.45) is 0 Å². The Balaban J connectivity index is 3.46. The molecule has 1 aliphatic rings. The van der Waals surface area contributed by atoms with E-state index in [9.17, 15) is 69.6 Å². The molecule has 1 saturated heterocycles. The lowest BCUT2D eigenvalue weighted by molar-refractivity contribution is -0.245. The second-order valence-corrected chi connectivity index (χ2v) is 13.2. The Morgan fingerprint density at radius 3 is 1.54 bits per heavy atom. The van der Waals surface area contributed by atoms with Gasteiger partial charge in [0.2, 0.25) is 0 Å². The van der Waals surface area contributed by atoms with E-state index >= 15 is 0 Å². The van der Waals surface area contributed by atoms with E-state index in [1.165, 1.54) is 18.7 Å². The van der Waals surface area contributed by atoms with Gasteiger partial charge in [-0.15, -0.1) is 0 Å². The Morgan fingerprint density at radius 1 is 0.800 bits per heavy atom. The number of rotatable bonds is 9. The topological polar surface area (TPSA) is 138 Å². The molecular weight excluding hydrogens is 577 g/mol. The summed E-state index contributed by atoms with van der Waals surface area (Å²) < 4.78 is 190. The summed E-state index contributed by atoms with van der Waals surface area (Å²) in [6.45, 7) is 1.03. The summed E-state index contributed by atoms with van der Waals surface area (Å²) in [5.41, 5.74) is -6.65. The molecular formula is C13H18F9N3O7S3. The minimum atomic E-state index is -7.83. The zero-order chi connectivity index (χ0) is 28.2. The van der Waals surface area contributed by atoms with Crippen LogP contribution in [0, 0.1) is 0 Å². The van der Waals surface area contributed by atoms with Crippen molar-refractivity contribution in [3.05, 3.63) is 0 Å². The normalized spacial score (nSPS) is 22.9. The molecule has 1 fully saturated rings. The Hall–Kier alpha value is -1.23. The molecule has 0 radical (unpaired) electrons. The monoisotopic (exact) mass is 595 g/mol. The largest absolute Gasteiger partial charge is 0.512 e. The molecule has 0 spiro atoms. The number of sulfonamides is 3. The van der Waals surface area contributed by atoms with Gasteiger partial charge in [-0.25, -0.2) is 25.3 Å². The standard InChI is InChI=1S/C13H18F9N3O7S3/c1-7-4-24(5-8(2)25(7)6-9(3)26)35(31,32)12(18,19)10(14,15)11(16,17)33(27,28)23-34(29,30)13(20,21)22/h7-8,23H,4-6H2,1-3H3. The van der Waals surface area contributed by atoms with E-state index in [1.807, 2.05) is 0 Å². The van der Waals surface area contributed by atoms with Crippen LogP contribution in [0.15, 0.2) is 0 Å². The summed E-state index contributed by atoms with van der Waals surface area (Å²) in [4.78, 5) is 12.6. The molecule has 0 aromatic rings. The van der Waals surface area contributed by atoms with Crippen LogP contribution >= 0.6 is 0 Å². The van der Waals surface area contributed by atoms with Gasteiger partial charge >= 0.3 is 32.0 Å². The van der Waals surface area contributed by atoms with Crippen molar-refractivity contribution in [3.8, 4) is 0 Å². The molecule has 0 saturated carbocycles. The summed E-state index contributed by atoms with van der Waals surface area (Å²) in [5.74, 6) is -7.93. The smallest absolute Gasteiger partial charge is 0.299 e. The van der Waals surface area contributed by atoms with Gasteiger partial charge in [0.25, 0.3) is 20.0 Å². The zero-order valence-electron chi connectivity index (χ0n) is 17.7. The van der Waals surface area contributed by atoms with E-state index in [2.05, 4.69) is 0 Å². The van der Waals surface area contributed by atoms with Gasteiger partial charge in [0, 0.05) is 25.2 Å². The van der Waals surface area contributed by atoms with Crippen LogP contribution in [0.3, 0.4) is 0 Å². The number of halogens is 9. The molecule has 1 N–H and O–H groups in total. The van der Waals surface area contributed by atoms with E-state index in [-0.39, 0.29) is 10.8 Å². The quantitative estimate of drug-likeness (QED) is 0.388. The lowest BCUT2D eigenvalue weighted by Crippen LogP contribution is -2.67. The Kier molecular flexibility index (Phi) is 8.41. The van der Waals surface area contributed by atoms with Crippen molar-refractivity contribution in [1.29, 1.82) is 0 Å². The lowest BCUT2D eigenvalue weighted by Gasteiger charge is -2.44. The number of carbonyl (C=O) groups is 1. The molecule has 1 heterocycles. The first kappa shape index (κ1) is 31.8. The summed E-state index contributed by atoms with van der Waals surface area (Å²) in [6, 6.07) is -2.21. The molecule has 0 aliphatic carbocycles. The van der Waals surface area contributed by atoms with E-state index in [0.717, 1.165) is 6.92 Å². The number of nitrogens with one attached hydrogen (secondary N) is 1. The highest BCUT2D eigenvalue weighted by molar-refractivity contribution is 8.05. The van der Waals surface area contributed by atoms with Crippen LogP contribution < -0.4 is 4.13 Å². The van der Waals surface area contributed by atoms with Gasteiger partial charge in [0.1, 0.15) is 5.78 Å². The maximum atomic E-state index is 14.4. The number of piperazine rings is 1. The van der Waals surface area contributed by atoms with Gasteiger partial charge in [0.15, 0.2) is 0 Å². The van der Waals surface area contributed by atoms with Crippen molar-refractivity contribution < 1.29 is 69.6 Å². The first-order valence-corrected chi connectivity index (χ1v) is 13.3. The average Bonchev–Trinajstić information content (AvgIpc) is 2.61. The SMILES string of the molecule is CC(=O)CN1C(C)CN(S(=O)(=O)C(F)(F)C(F)(F)C(F)(F)S(=O)(=O)NS(=O)(=O)C(F)(F)F)CC1C. The van der Waals surface area contributed by atoms with E-state index in [1.54, 1.807) is 0 Å². The van der Waals surface area contributed by atoms with E-state index < -0.39 is 87.1 Å². The minimum Gasteiger partial charge on any atom is -0.299 e. The van der Waals surface area contributed by atoms with E-state index in [0.29, 0.717) is 0 Å². The van der Waals surface area contributed by atoms with Gasteiger partial charge in [0.05, 0.1) is 6.54 Å². The molecule has 1 rings (SSSR count). The molecule has 35 heavy (non-hydrogen) atoms. The fourth-order valence-electron chi connectivity index (χ4n) is 2.98. The number of hydrogen-bond acceptors (Lipinski definition) is 8. The number of ketones is 1. The molecule has 0 bridgehead atoms. The summed E-state index contributed by atoms with van der Waals surface area (Å²) >= 11 is 0. The van der Waals surface area contributed by atoms with Crippen LogP contribution in [-0.2, 0) is 34.9 Å². The van der Waals surface area contributed by atoms with Crippen LogP contribution in [0.25, 0.3) is 0 Å². The predicted octanol–water partition coefficient (Wildman–Crippen LogP) is 0.890. The molecule has 2 atom stereocenters. The lowest BCUT2D eigenvalue weighted by atomic mass is 10.1. The molecule has 2 unspecified atom stereocenters. The number of alkyl halides is 9. The maximum absolute atomic E-state index is 14.4. The third-order valence-electron chi connectivity index (χ3n) is 4.73. The number of Topliss-reactive ketones (excluding diaryl/α,β-unsaturated/α-hetero) is 1. The highest BCUT2D eigenvalue weighted by Gasteiger charge is 2.83. The predicted molar refractivity (Wildman–Crippen MR) is 98.7 cm³/mol. The highest BCUT2D eigenvalue weighted by Crippen LogP contribution is 2.51. The molecule has 0 aromatic carbocycles. The third kappa shape index (κ3) is 5.40. The maximum Gasteiger partial charge on any atom is 0.512 e. The van der Waals surface area contributed by atoms with Crippen LogP contribution in [0.4, 0.5) is 39.5 Å². The first-order chi connectivity index (χ1) is 15.2. The summed E-state index contributed by atoms with van der Waals surface area (Å²) in [5, 5.41) is -14.4. The second-order valence-electron chi connectivity index (χ2n) is 7.54. The molecule has 1 aliphatic heterocycles. The van der Waals surface area contributed by atoms with Gasteiger partial charge in [-0.3, -0.25) is 9.69 Å².